The second kappa shape index (κ2) is 10.9. The van der Waals surface area contributed by atoms with Crippen molar-refractivity contribution in [2.24, 2.45) is 0 Å². The van der Waals surface area contributed by atoms with Crippen LogP contribution < -0.4 is 4.74 Å². The van der Waals surface area contributed by atoms with Crippen molar-refractivity contribution in [2.45, 2.75) is 44.4 Å². The van der Waals surface area contributed by atoms with Gasteiger partial charge in [0.25, 0.3) is 0 Å². The molecule has 1 aromatic heterocycles. The number of hydrogen-bond donors (Lipinski definition) is 1. The number of carboxylic acid groups (broad SMARTS) is 1. The maximum Gasteiger partial charge on any atom is 0.490 e. The lowest BCUT2D eigenvalue weighted by atomic mass is 10.0. The summed E-state index contributed by atoms with van der Waals surface area (Å²) in [5, 5.41) is 7.12. The Hall–Kier alpha value is -3.08. The Kier molecular flexibility index (Phi) is 8.19. The molecule has 186 valence electrons. The average Bonchev–Trinajstić information content (AvgIpc) is 3.09. The molecule has 1 saturated heterocycles. The van der Waals surface area contributed by atoms with Crippen molar-refractivity contribution in [1.82, 2.24) is 19.4 Å². The van der Waals surface area contributed by atoms with Crippen LogP contribution in [-0.2, 0) is 22.6 Å². The Balaban J connectivity index is 0.000000406. The zero-order valence-corrected chi connectivity index (χ0v) is 19.2. The van der Waals surface area contributed by atoms with Gasteiger partial charge in [-0.1, -0.05) is 18.6 Å². The van der Waals surface area contributed by atoms with Crippen molar-refractivity contribution in [1.29, 1.82) is 0 Å². The van der Waals surface area contributed by atoms with Crippen LogP contribution in [0.5, 0.6) is 5.75 Å². The largest absolute Gasteiger partial charge is 0.496 e. The smallest absolute Gasteiger partial charge is 0.490 e. The maximum atomic E-state index is 13.1. The van der Waals surface area contributed by atoms with Crippen LogP contribution in [0.4, 0.5) is 13.2 Å². The Morgan fingerprint density at radius 1 is 1.12 bits per heavy atom. The van der Waals surface area contributed by atoms with E-state index in [0.29, 0.717) is 0 Å². The van der Waals surface area contributed by atoms with Gasteiger partial charge in [-0.15, -0.1) is 0 Å². The van der Waals surface area contributed by atoms with Crippen LogP contribution in [0.25, 0.3) is 11.3 Å². The fraction of sp³-hybridized carbons (Fsp3) is 0.522. The first-order valence-electron chi connectivity index (χ1n) is 11.1. The quantitative estimate of drug-likeness (QED) is 0.724. The molecule has 0 radical (unpaired) electrons. The number of rotatable bonds is 3. The van der Waals surface area contributed by atoms with Crippen molar-refractivity contribution < 1.29 is 32.6 Å². The number of amides is 1. The normalized spacial score (nSPS) is 18.9. The number of benzene rings is 1. The van der Waals surface area contributed by atoms with Gasteiger partial charge in [-0.05, 0) is 38.6 Å². The molecule has 2 aliphatic rings. The van der Waals surface area contributed by atoms with E-state index in [1.54, 1.807) is 7.11 Å². The fourth-order valence-electron chi connectivity index (χ4n) is 4.32. The minimum Gasteiger partial charge on any atom is -0.496 e. The topological polar surface area (TPSA) is 87.9 Å². The lowest BCUT2D eigenvalue weighted by Gasteiger charge is -2.35. The van der Waals surface area contributed by atoms with Crippen LogP contribution in [0.1, 0.15) is 25.1 Å². The molecule has 1 N–H and O–H groups in total. The average molecular weight is 483 g/mol. The Morgan fingerprint density at radius 3 is 2.47 bits per heavy atom. The summed E-state index contributed by atoms with van der Waals surface area (Å²) in [7, 11) is 3.77. The number of methoxy groups -OCH3 is 1. The zero-order valence-electron chi connectivity index (χ0n) is 19.2. The minimum atomic E-state index is -5.08. The monoisotopic (exact) mass is 482 g/mol. The van der Waals surface area contributed by atoms with Gasteiger partial charge in [0.1, 0.15) is 11.6 Å². The summed E-state index contributed by atoms with van der Waals surface area (Å²) < 4.78 is 39.5. The summed E-state index contributed by atoms with van der Waals surface area (Å²) in [6, 6.07) is 8.07. The zero-order chi connectivity index (χ0) is 24.9. The third-order valence-corrected chi connectivity index (χ3v) is 6.13. The molecule has 0 saturated carbocycles. The van der Waals surface area contributed by atoms with E-state index in [0.717, 1.165) is 68.3 Å². The summed E-state index contributed by atoms with van der Waals surface area (Å²) in [5.74, 6) is -0.585. The summed E-state index contributed by atoms with van der Waals surface area (Å²) in [6.45, 7) is 3.26. The number of aromatic nitrogens is 2. The highest BCUT2D eigenvalue weighted by molar-refractivity contribution is 5.82. The van der Waals surface area contributed by atoms with Crippen LogP contribution in [0.2, 0.25) is 0 Å². The standard InChI is InChI=1S/C21H28N4O2.C2HF3O2/c1-23-11-6-5-8-17(23)21(26)24-12-10-20-22-15-18(25(20)14-13-24)16-7-3-4-9-19(16)27-2;3-2(4,5)1(6)7/h3-4,7,9,15,17H,5-6,8,10-14H2,1-2H3;(H,6,7). The number of hydrogen-bond acceptors (Lipinski definition) is 5. The van der Waals surface area contributed by atoms with Gasteiger partial charge in [0.2, 0.25) is 5.91 Å². The summed E-state index contributed by atoms with van der Waals surface area (Å²) in [4.78, 5) is 30.9. The van der Waals surface area contributed by atoms with Gasteiger partial charge in [0, 0.05) is 31.6 Å². The molecule has 2 aliphatic heterocycles. The van der Waals surface area contributed by atoms with Crippen molar-refractivity contribution in [3.05, 3.63) is 36.3 Å². The van der Waals surface area contributed by atoms with Crippen molar-refractivity contribution in [3.63, 3.8) is 0 Å². The molecule has 1 unspecified atom stereocenters. The predicted molar refractivity (Wildman–Crippen MR) is 118 cm³/mol. The van der Waals surface area contributed by atoms with Gasteiger partial charge in [-0.25, -0.2) is 9.78 Å². The SMILES string of the molecule is COc1ccccc1-c1cnc2n1CCN(C(=O)C1CCCCN1C)CC2.O=C(O)C(F)(F)F. The number of carboxylic acids is 1. The maximum absolute atomic E-state index is 13.1. The minimum absolute atomic E-state index is 0.0397. The lowest BCUT2D eigenvalue weighted by Crippen LogP contribution is -2.50. The number of carbonyl (C=O) groups is 2. The van der Waals surface area contributed by atoms with Gasteiger partial charge in [0.15, 0.2) is 0 Å². The van der Waals surface area contributed by atoms with E-state index in [2.05, 4.69) is 27.6 Å². The Morgan fingerprint density at radius 2 is 1.82 bits per heavy atom. The number of nitrogens with zero attached hydrogens (tertiary/aromatic N) is 4. The number of aliphatic carboxylic acids is 1. The van der Waals surface area contributed by atoms with Crippen LogP contribution in [0.3, 0.4) is 0 Å². The molecule has 0 spiro atoms. The number of ether oxygens (including phenoxy) is 1. The number of imidazole rings is 1. The summed E-state index contributed by atoms with van der Waals surface area (Å²) in [5.41, 5.74) is 2.11. The molecule has 11 heteroatoms. The van der Waals surface area contributed by atoms with Crippen molar-refractivity contribution in [3.8, 4) is 17.0 Å². The van der Waals surface area contributed by atoms with Gasteiger partial charge in [0.05, 0.1) is 25.0 Å². The molecular weight excluding hydrogens is 453 g/mol. The first-order valence-corrected chi connectivity index (χ1v) is 11.1. The second-order valence-electron chi connectivity index (χ2n) is 8.28. The summed E-state index contributed by atoms with van der Waals surface area (Å²) >= 11 is 0. The highest BCUT2D eigenvalue weighted by Gasteiger charge is 2.38. The molecule has 0 bridgehead atoms. The third kappa shape index (κ3) is 5.88. The Labute approximate surface area is 195 Å². The molecule has 1 amide bonds. The van der Waals surface area contributed by atoms with E-state index >= 15 is 0 Å². The van der Waals surface area contributed by atoms with E-state index in [1.165, 1.54) is 6.42 Å². The van der Waals surface area contributed by atoms with E-state index in [4.69, 9.17) is 14.6 Å². The molecule has 0 aliphatic carbocycles. The molecule has 1 atom stereocenters. The van der Waals surface area contributed by atoms with Gasteiger partial charge in [-0.2, -0.15) is 13.2 Å². The predicted octanol–water partition coefficient (Wildman–Crippen LogP) is 3.06. The van der Waals surface area contributed by atoms with E-state index in [1.807, 2.05) is 29.3 Å². The molecule has 34 heavy (non-hydrogen) atoms. The first-order chi connectivity index (χ1) is 16.1. The van der Waals surface area contributed by atoms with Crippen LogP contribution >= 0.6 is 0 Å². The summed E-state index contributed by atoms with van der Waals surface area (Å²) in [6.07, 6.45) is 0.950. The number of likely N-dealkylation sites (tertiary alicyclic amines) is 1. The lowest BCUT2D eigenvalue weighted by molar-refractivity contribution is -0.192. The number of carbonyl (C=O) groups excluding carboxylic acids is 1. The van der Waals surface area contributed by atoms with Gasteiger partial charge >= 0.3 is 12.1 Å². The number of alkyl halides is 3. The van der Waals surface area contributed by atoms with Crippen LogP contribution in [0.15, 0.2) is 30.5 Å². The number of likely N-dealkylation sites (N-methyl/N-ethyl adjacent to an activating group) is 1. The molecule has 2 aromatic rings. The molecule has 4 rings (SSSR count). The van der Waals surface area contributed by atoms with E-state index < -0.39 is 12.1 Å². The molecule has 1 fully saturated rings. The number of halogens is 3. The molecule has 8 nitrogen and oxygen atoms in total. The van der Waals surface area contributed by atoms with E-state index in [9.17, 15) is 18.0 Å². The number of para-hydroxylation sites is 1. The first kappa shape index (κ1) is 25.5. The van der Waals surface area contributed by atoms with E-state index in [-0.39, 0.29) is 11.9 Å². The van der Waals surface area contributed by atoms with Gasteiger partial charge < -0.3 is 19.3 Å². The highest BCUT2D eigenvalue weighted by Crippen LogP contribution is 2.31. The Bertz CT molecular complexity index is 1010. The highest BCUT2D eigenvalue weighted by atomic mass is 19.4. The second-order valence-corrected chi connectivity index (χ2v) is 8.28. The van der Waals surface area contributed by atoms with Crippen molar-refractivity contribution in [2.75, 3.05) is 33.8 Å². The van der Waals surface area contributed by atoms with Crippen molar-refractivity contribution >= 4 is 11.9 Å². The van der Waals surface area contributed by atoms with Crippen LogP contribution in [0, 0.1) is 0 Å². The number of fused-ring (bicyclic) bond motifs is 1. The van der Waals surface area contributed by atoms with Crippen LogP contribution in [-0.4, -0.2) is 82.3 Å². The third-order valence-electron chi connectivity index (χ3n) is 6.13. The molecular formula is C23H29F3N4O4. The fourth-order valence-corrected chi connectivity index (χ4v) is 4.32. The van der Waals surface area contributed by atoms with Gasteiger partial charge in [-0.3, -0.25) is 9.69 Å². The number of piperidine rings is 1. The molecule has 3 heterocycles. The molecule has 1 aromatic carbocycles.